The van der Waals surface area contributed by atoms with Crippen molar-refractivity contribution in [2.45, 2.75) is 44.2 Å². The zero-order valence-electron chi connectivity index (χ0n) is 12.4. The highest BCUT2D eigenvalue weighted by atomic mass is 16.4. The van der Waals surface area contributed by atoms with Crippen LogP contribution in [0.1, 0.15) is 37.7 Å². The number of amides is 1. The van der Waals surface area contributed by atoms with Crippen molar-refractivity contribution < 1.29 is 14.7 Å². The van der Waals surface area contributed by atoms with Crippen LogP contribution in [0, 0.1) is 5.92 Å². The fourth-order valence-electron chi connectivity index (χ4n) is 3.73. The number of carboxylic acid groups (broad SMARTS) is 1. The number of carbonyl (C=O) groups is 2. The van der Waals surface area contributed by atoms with E-state index < -0.39 is 12.0 Å². The predicted molar refractivity (Wildman–Crippen MR) is 81.9 cm³/mol. The number of fused-ring (bicyclic) bond motifs is 1. The average Bonchev–Trinajstić information content (AvgIpc) is 2.93. The Hall–Kier alpha value is -2.17. The first-order chi connectivity index (χ1) is 10.7. The van der Waals surface area contributed by atoms with Gasteiger partial charge in [-0.3, -0.25) is 9.78 Å². The van der Waals surface area contributed by atoms with E-state index in [1.165, 1.54) is 6.08 Å². The molecule has 5 heteroatoms. The summed E-state index contributed by atoms with van der Waals surface area (Å²) in [6.07, 6.45) is 11.3. The first-order valence-electron chi connectivity index (χ1n) is 7.80. The Morgan fingerprint density at radius 3 is 2.86 bits per heavy atom. The highest BCUT2D eigenvalue weighted by Gasteiger charge is 2.46. The minimum Gasteiger partial charge on any atom is -0.480 e. The molecule has 2 aliphatic rings. The number of hydrogen-bond donors (Lipinski definition) is 1. The number of carbonyl (C=O) groups excluding carboxylic acids is 1. The average molecular weight is 300 g/mol. The van der Waals surface area contributed by atoms with Crippen molar-refractivity contribution in [3.8, 4) is 0 Å². The Morgan fingerprint density at radius 1 is 1.32 bits per heavy atom. The molecule has 22 heavy (non-hydrogen) atoms. The summed E-state index contributed by atoms with van der Waals surface area (Å²) in [4.78, 5) is 29.6. The van der Waals surface area contributed by atoms with E-state index in [4.69, 9.17) is 0 Å². The molecule has 2 fully saturated rings. The van der Waals surface area contributed by atoms with Gasteiger partial charge in [0, 0.05) is 24.5 Å². The molecule has 1 N–H and O–H groups in total. The molecule has 1 aromatic heterocycles. The Labute approximate surface area is 129 Å². The number of pyridine rings is 1. The summed E-state index contributed by atoms with van der Waals surface area (Å²) >= 11 is 0. The summed E-state index contributed by atoms with van der Waals surface area (Å²) in [6.45, 7) is 0. The van der Waals surface area contributed by atoms with E-state index >= 15 is 0 Å². The number of hydrogen-bond acceptors (Lipinski definition) is 3. The topological polar surface area (TPSA) is 70.5 Å². The van der Waals surface area contributed by atoms with Crippen LogP contribution in [0.2, 0.25) is 0 Å². The molecular formula is C17H20N2O3. The van der Waals surface area contributed by atoms with Gasteiger partial charge in [0.2, 0.25) is 5.91 Å². The molecule has 3 unspecified atom stereocenters. The van der Waals surface area contributed by atoms with Crippen LogP contribution < -0.4 is 0 Å². The van der Waals surface area contributed by atoms with Crippen LogP contribution in [0.3, 0.4) is 0 Å². The second-order valence-electron chi connectivity index (χ2n) is 6.07. The third-order valence-electron chi connectivity index (χ3n) is 4.73. The summed E-state index contributed by atoms with van der Waals surface area (Å²) < 4.78 is 0. The van der Waals surface area contributed by atoms with E-state index in [2.05, 4.69) is 4.98 Å². The van der Waals surface area contributed by atoms with Crippen molar-refractivity contribution in [2.24, 2.45) is 5.92 Å². The van der Waals surface area contributed by atoms with Crippen LogP contribution >= 0.6 is 0 Å². The summed E-state index contributed by atoms with van der Waals surface area (Å²) in [6, 6.07) is 3.07. The number of carboxylic acids is 1. The second kappa shape index (κ2) is 6.30. The van der Waals surface area contributed by atoms with Gasteiger partial charge >= 0.3 is 5.97 Å². The standard InChI is InChI=1S/C17H20N2O3/c20-16(8-7-12-4-3-9-18-11-12)19-14-6-2-1-5-13(14)10-15(19)17(21)22/h3-4,7-9,11,13-15H,1-2,5-6,10H2,(H,21,22)/b8-7+. The zero-order chi connectivity index (χ0) is 15.5. The maximum atomic E-state index is 12.5. The fraction of sp³-hybridized carbons (Fsp3) is 0.471. The molecule has 1 saturated carbocycles. The van der Waals surface area contributed by atoms with Crippen LogP contribution in [0.5, 0.6) is 0 Å². The van der Waals surface area contributed by atoms with Crippen molar-refractivity contribution in [2.75, 3.05) is 0 Å². The van der Waals surface area contributed by atoms with Gasteiger partial charge in [-0.15, -0.1) is 0 Å². The van der Waals surface area contributed by atoms with Gasteiger partial charge in [-0.1, -0.05) is 18.9 Å². The van der Waals surface area contributed by atoms with Crippen LogP contribution in [0.25, 0.3) is 6.08 Å². The van der Waals surface area contributed by atoms with Gasteiger partial charge in [0.05, 0.1) is 0 Å². The fourth-order valence-corrected chi connectivity index (χ4v) is 3.73. The lowest BCUT2D eigenvalue weighted by molar-refractivity contribution is -0.147. The van der Waals surface area contributed by atoms with E-state index in [1.807, 2.05) is 6.07 Å². The molecule has 0 bridgehead atoms. The highest BCUT2D eigenvalue weighted by Crippen LogP contribution is 2.39. The van der Waals surface area contributed by atoms with Crippen LogP contribution in [-0.2, 0) is 9.59 Å². The molecule has 0 spiro atoms. The summed E-state index contributed by atoms with van der Waals surface area (Å²) in [5, 5.41) is 9.44. The van der Waals surface area contributed by atoms with Crippen LogP contribution in [0.15, 0.2) is 30.6 Å². The van der Waals surface area contributed by atoms with Gasteiger partial charge in [-0.05, 0) is 42.9 Å². The van der Waals surface area contributed by atoms with Crippen LogP contribution in [0.4, 0.5) is 0 Å². The van der Waals surface area contributed by atoms with Gasteiger partial charge in [-0.25, -0.2) is 4.79 Å². The molecule has 5 nitrogen and oxygen atoms in total. The van der Waals surface area contributed by atoms with Crippen molar-refractivity contribution in [3.63, 3.8) is 0 Å². The molecule has 1 saturated heterocycles. The van der Waals surface area contributed by atoms with E-state index in [0.29, 0.717) is 12.3 Å². The van der Waals surface area contributed by atoms with Crippen molar-refractivity contribution in [1.82, 2.24) is 9.88 Å². The lowest BCUT2D eigenvalue weighted by Gasteiger charge is -2.32. The number of likely N-dealkylation sites (tertiary alicyclic amines) is 1. The summed E-state index contributed by atoms with van der Waals surface area (Å²) in [5.74, 6) is -0.756. The Kier molecular flexibility index (Phi) is 4.22. The highest BCUT2D eigenvalue weighted by molar-refractivity contribution is 5.95. The molecule has 1 aromatic rings. The first-order valence-corrected chi connectivity index (χ1v) is 7.80. The normalized spacial score (nSPS) is 27.8. The molecule has 3 atom stereocenters. The molecule has 1 amide bonds. The monoisotopic (exact) mass is 300 g/mol. The SMILES string of the molecule is O=C(O)C1CC2CCCCC2N1C(=O)/C=C/c1cccnc1. The molecule has 2 heterocycles. The minimum atomic E-state index is -0.891. The Balaban J connectivity index is 1.79. The van der Waals surface area contributed by atoms with E-state index in [1.54, 1.807) is 29.4 Å². The predicted octanol–water partition coefficient (Wildman–Crippen LogP) is 2.34. The van der Waals surface area contributed by atoms with E-state index in [9.17, 15) is 14.7 Å². The van der Waals surface area contributed by atoms with Crippen molar-refractivity contribution >= 4 is 18.0 Å². The third kappa shape index (κ3) is 2.89. The molecule has 1 aliphatic heterocycles. The van der Waals surface area contributed by atoms with E-state index in [-0.39, 0.29) is 11.9 Å². The lowest BCUT2D eigenvalue weighted by Crippen LogP contribution is -2.45. The summed E-state index contributed by atoms with van der Waals surface area (Å²) in [7, 11) is 0. The smallest absolute Gasteiger partial charge is 0.326 e. The largest absolute Gasteiger partial charge is 0.480 e. The summed E-state index contributed by atoms with van der Waals surface area (Å²) in [5.41, 5.74) is 0.835. The lowest BCUT2D eigenvalue weighted by atomic mass is 9.85. The van der Waals surface area contributed by atoms with Gasteiger partial charge < -0.3 is 10.0 Å². The first kappa shape index (κ1) is 14.8. The van der Waals surface area contributed by atoms with Gasteiger partial charge in [-0.2, -0.15) is 0 Å². The Bertz CT molecular complexity index is 585. The number of rotatable bonds is 3. The maximum absolute atomic E-state index is 12.5. The van der Waals surface area contributed by atoms with Crippen LogP contribution in [-0.4, -0.2) is 39.0 Å². The number of aliphatic carboxylic acids is 1. The van der Waals surface area contributed by atoms with Gasteiger partial charge in [0.15, 0.2) is 0 Å². The van der Waals surface area contributed by atoms with Gasteiger partial charge in [0.25, 0.3) is 0 Å². The second-order valence-corrected chi connectivity index (χ2v) is 6.07. The molecule has 1 aliphatic carbocycles. The number of aromatic nitrogens is 1. The molecule has 0 aromatic carbocycles. The van der Waals surface area contributed by atoms with Gasteiger partial charge in [0.1, 0.15) is 6.04 Å². The molecule has 116 valence electrons. The maximum Gasteiger partial charge on any atom is 0.326 e. The molecule has 0 radical (unpaired) electrons. The quantitative estimate of drug-likeness (QED) is 0.870. The molecular weight excluding hydrogens is 280 g/mol. The third-order valence-corrected chi connectivity index (χ3v) is 4.73. The van der Waals surface area contributed by atoms with Crippen molar-refractivity contribution in [3.05, 3.63) is 36.2 Å². The minimum absolute atomic E-state index is 0.0842. The Morgan fingerprint density at radius 2 is 2.14 bits per heavy atom. The number of nitrogens with zero attached hydrogens (tertiary/aromatic N) is 2. The van der Waals surface area contributed by atoms with E-state index in [0.717, 1.165) is 31.2 Å². The molecule has 3 rings (SSSR count). The van der Waals surface area contributed by atoms with Crippen molar-refractivity contribution in [1.29, 1.82) is 0 Å². The zero-order valence-corrected chi connectivity index (χ0v) is 12.4.